The maximum atomic E-state index is 10.8. The Hall–Kier alpha value is -1.82. The SMILES string of the molecule is CCc1ccc(C=O)c(NC(C)C#N)c1. The molecule has 0 aliphatic heterocycles. The molecule has 1 N–H and O–H groups in total. The van der Waals surface area contributed by atoms with Gasteiger partial charge >= 0.3 is 0 Å². The first-order chi connectivity index (χ1) is 7.21. The van der Waals surface area contributed by atoms with Crippen molar-refractivity contribution in [1.82, 2.24) is 0 Å². The third-order valence-corrected chi connectivity index (χ3v) is 2.22. The van der Waals surface area contributed by atoms with Crippen LogP contribution in [0.2, 0.25) is 0 Å². The minimum absolute atomic E-state index is 0.296. The normalized spacial score (nSPS) is 11.5. The molecule has 78 valence electrons. The van der Waals surface area contributed by atoms with Crippen LogP contribution in [0.5, 0.6) is 0 Å². The van der Waals surface area contributed by atoms with E-state index in [1.807, 2.05) is 19.1 Å². The second-order valence-corrected chi connectivity index (χ2v) is 3.39. The minimum Gasteiger partial charge on any atom is -0.369 e. The number of rotatable bonds is 4. The molecule has 0 saturated carbocycles. The molecule has 15 heavy (non-hydrogen) atoms. The van der Waals surface area contributed by atoms with Crippen LogP contribution in [0.1, 0.15) is 29.8 Å². The number of nitrogens with one attached hydrogen (secondary N) is 1. The molecule has 0 fully saturated rings. The molecule has 0 aliphatic rings. The Labute approximate surface area is 89.7 Å². The Morgan fingerprint density at radius 3 is 2.87 bits per heavy atom. The van der Waals surface area contributed by atoms with Gasteiger partial charge in [0.2, 0.25) is 0 Å². The van der Waals surface area contributed by atoms with Crippen LogP contribution in [0.4, 0.5) is 5.69 Å². The zero-order valence-corrected chi connectivity index (χ0v) is 8.95. The van der Waals surface area contributed by atoms with Crippen LogP contribution in [0.25, 0.3) is 0 Å². The average molecular weight is 202 g/mol. The van der Waals surface area contributed by atoms with Crippen molar-refractivity contribution in [3.05, 3.63) is 29.3 Å². The van der Waals surface area contributed by atoms with Crippen molar-refractivity contribution >= 4 is 12.0 Å². The number of carbonyl (C=O) groups excluding carboxylic acids is 1. The molecule has 3 heteroatoms. The smallest absolute Gasteiger partial charge is 0.152 e. The largest absolute Gasteiger partial charge is 0.369 e. The summed E-state index contributed by atoms with van der Waals surface area (Å²) >= 11 is 0. The highest BCUT2D eigenvalue weighted by atomic mass is 16.1. The van der Waals surface area contributed by atoms with Crippen molar-refractivity contribution in [3.63, 3.8) is 0 Å². The molecule has 1 aromatic carbocycles. The standard InChI is InChI=1S/C12H14N2O/c1-3-10-4-5-11(8-15)12(6-10)14-9(2)7-13/h4-6,8-9,14H,3H2,1-2H3. The van der Waals surface area contributed by atoms with Gasteiger partial charge in [-0.1, -0.05) is 13.0 Å². The van der Waals surface area contributed by atoms with Crippen molar-refractivity contribution in [2.75, 3.05) is 5.32 Å². The fourth-order valence-corrected chi connectivity index (χ4v) is 1.32. The summed E-state index contributed by atoms with van der Waals surface area (Å²) in [5.41, 5.74) is 2.47. The van der Waals surface area contributed by atoms with Gasteiger partial charge in [0.15, 0.2) is 6.29 Å². The molecule has 0 heterocycles. The number of aryl methyl sites for hydroxylation is 1. The van der Waals surface area contributed by atoms with Crippen LogP contribution in [-0.4, -0.2) is 12.3 Å². The fraction of sp³-hybridized carbons (Fsp3) is 0.333. The van der Waals surface area contributed by atoms with Crippen LogP contribution in [0, 0.1) is 11.3 Å². The van der Waals surface area contributed by atoms with E-state index < -0.39 is 0 Å². The first-order valence-corrected chi connectivity index (χ1v) is 4.95. The molecule has 0 amide bonds. The average Bonchev–Trinajstić information content (AvgIpc) is 2.28. The summed E-state index contributed by atoms with van der Waals surface area (Å²) in [5, 5.41) is 11.7. The van der Waals surface area contributed by atoms with Crippen LogP contribution in [0.3, 0.4) is 0 Å². The van der Waals surface area contributed by atoms with Gasteiger partial charge in [0.25, 0.3) is 0 Å². The Balaban J connectivity index is 3.02. The molecular formula is C12H14N2O. The molecule has 0 saturated heterocycles. The van der Waals surface area contributed by atoms with Gasteiger partial charge in [0.1, 0.15) is 6.04 Å². The number of anilines is 1. The third-order valence-electron chi connectivity index (χ3n) is 2.22. The molecule has 1 atom stereocenters. The van der Waals surface area contributed by atoms with E-state index in [0.717, 1.165) is 24.0 Å². The first-order valence-electron chi connectivity index (χ1n) is 4.95. The van der Waals surface area contributed by atoms with Gasteiger partial charge in [-0.25, -0.2) is 0 Å². The van der Waals surface area contributed by atoms with Crippen molar-refractivity contribution in [1.29, 1.82) is 5.26 Å². The number of hydrogen-bond donors (Lipinski definition) is 1. The zero-order valence-electron chi connectivity index (χ0n) is 8.95. The highest BCUT2D eigenvalue weighted by Gasteiger charge is 2.05. The zero-order chi connectivity index (χ0) is 11.3. The van der Waals surface area contributed by atoms with Crippen molar-refractivity contribution < 1.29 is 4.79 Å². The number of benzene rings is 1. The monoisotopic (exact) mass is 202 g/mol. The number of carbonyl (C=O) groups is 1. The molecule has 1 aromatic rings. The Kier molecular flexibility index (Phi) is 3.87. The summed E-state index contributed by atoms with van der Waals surface area (Å²) in [7, 11) is 0. The quantitative estimate of drug-likeness (QED) is 0.763. The topological polar surface area (TPSA) is 52.9 Å². The van der Waals surface area contributed by atoms with Gasteiger partial charge < -0.3 is 5.32 Å². The Bertz CT molecular complexity index is 393. The molecule has 0 bridgehead atoms. The molecule has 3 nitrogen and oxygen atoms in total. The van der Waals surface area contributed by atoms with E-state index in [4.69, 9.17) is 5.26 Å². The van der Waals surface area contributed by atoms with E-state index in [1.165, 1.54) is 0 Å². The van der Waals surface area contributed by atoms with Gasteiger partial charge in [-0.2, -0.15) is 5.26 Å². The second kappa shape index (κ2) is 5.16. The van der Waals surface area contributed by atoms with Crippen LogP contribution >= 0.6 is 0 Å². The van der Waals surface area contributed by atoms with Gasteiger partial charge in [0.05, 0.1) is 6.07 Å². The summed E-state index contributed by atoms with van der Waals surface area (Å²) in [6, 6.07) is 7.39. The number of aldehydes is 1. The maximum absolute atomic E-state index is 10.8. The van der Waals surface area contributed by atoms with Crippen LogP contribution in [-0.2, 0) is 6.42 Å². The molecule has 1 rings (SSSR count). The maximum Gasteiger partial charge on any atom is 0.152 e. The third kappa shape index (κ3) is 2.81. The van der Waals surface area contributed by atoms with Gasteiger partial charge in [-0.3, -0.25) is 4.79 Å². The summed E-state index contributed by atoms with van der Waals surface area (Å²) in [5.74, 6) is 0. The highest BCUT2D eigenvalue weighted by molar-refractivity contribution is 5.84. The molecule has 1 unspecified atom stereocenters. The van der Waals surface area contributed by atoms with E-state index >= 15 is 0 Å². The van der Waals surface area contributed by atoms with Crippen LogP contribution in [0.15, 0.2) is 18.2 Å². The summed E-state index contributed by atoms with van der Waals surface area (Å²) in [6.07, 6.45) is 1.71. The summed E-state index contributed by atoms with van der Waals surface area (Å²) in [6.45, 7) is 3.81. The number of nitriles is 1. The second-order valence-electron chi connectivity index (χ2n) is 3.39. The van der Waals surface area contributed by atoms with Crippen molar-refractivity contribution in [2.24, 2.45) is 0 Å². The lowest BCUT2D eigenvalue weighted by molar-refractivity contribution is 0.112. The Morgan fingerprint density at radius 1 is 1.60 bits per heavy atom. The highest BCUT2D eigenvalue weighted by Crippen LogP contribution is 2.17. The lowest BCUT2D eigenvalue weighted by Crippen LogP contribution is -2.13. The van der Waals surface area contributed by atoms with Gasteiger partial charge in [-0.15, -0.1) is 0 Å². The van der Waals surface area contributed by atoms with Crippen molar-refractivity contribution in [3.8, 4) is 6.07 Å². The van der Waals surface area contributed by atoms with E-state index in [-0.39, 0.29) is 6.04 Å². The first kappa shape index (κ1) is 11.3. The van der Waals surface area contributed by atoms with E-state index in [0.29, 0.717) is 5.56 Å². The molecule has 0 aliphatic carbocycles. The predicted octanol–water partition coefficient (Wildman–Crippen LogP) is 2.39. The number of nitrogens with zero attached hydrogens (tertiary/aromatic N) is 1. The molecule has 0 spiro atoms. The van der Waals surface area contributed by atoms with E-state index in [1.54, 1.807) is 13.0 Å². The van der Waals surface area contributed by atoms with E-state index in [2.05, 4.69) is 11.4 Å². The van der Waals surface area contributed by atoms with Crippen molar-refractivity contribution in [2.45, 2.75) is 26.3 Å². The molecule has 0 aromatic heterocycles. The predicted molar refractivity (Wildman–Crippen MR) is 59.9 cm³/mol. The molecular weight excluding hydrogens is 188 g/mol. The summed E-state index contributed by atoms with van der Waals surface area (Å²) in [4.78, 5) is 10.8. The summed E-state index contributed by atoms with van der Waals surface area (Å²) < 4.78 is 0. The Morgan fingerprint density at radius 2 is 2.33 bits per heavy atom. The number of hydrogen-bond acceptors (Lipinski definition) is 3. The van der Waals surface area contributed by atoms with Gasteiger partial charge in [0, 0.05) is 11.3 Å². The lowest BCUT2D eigenvalue weighted by Gasteiger charge is -2.11. The fourth-order valence-electron chi connectivity index (χ4n) is 1.32. The van der Waals surface area contributed by atoms with Crippen LogP contribution < -0.4 is 5.32 Å². The van der Waals surface area contributed by atoms with E-state index in [9.17, 15) is 4.79 Å². The van der Waals surface area contributed by atoms with Gasteiger partial charge in [-0.05, 0) is 31.0 Å². The molecule has 0 radical (unpaired) electrons. The minimum atomic E-state index is -0.296. The lowest BCUT2D eigenvalue weighted by atomic mass is 10.1.